The molecule has 1 heterocycles. The van der Waals surface area contributed by atoms with E-state index < -0.39 is 5.91 Å². The average molecular weight is 266 g/mol. The third kappa shape index (κ3) is 2.36. The monoisotopic (exact) mass is 265 g/mol. The zero-order valence-corrected chi connectivity index (χ0v) is 10.6. The molecule has 2 rings (SSSR count). The molecule has 1 aromatic heterocycles. The van der Waals surface area contributed by atoms with Crippen molar-refractivity contribution in [1.82, 2.24) is 9.55 Å². The second-order valence-electron chi connectivity index (χ2n) is 4.08. The van der Waals surface area contributed by atoms with Gasteiger partial charge in [0.15, 0.2) is 0 Å². The van der Waals surface area contributed by atoms with Crippen molar-refractivity contribution in [1.29, 1.82) is 0 Å². The molecule has 0 saturated heterocycles. The van der Waals surface area contributed by atoms with Crippen LogP contribution in [0.1, 0.15) is 12.0 Å². The average Bonchev–Trinajstić information content (AvgIpc) is 2.29. The van der Waals surface area contributed by atoms with Crippen molar-refractivity contribution >= 4 is 28.4 Å². The van der Waals surface area contributed by atoms with Gasteiger partial charge in [-0.15, -0.1) is 0 Å². The molecule has 0 fully saturated rings. The van der Waals surface area contributed by atoms with Gasteiger partial charge in [-0.3, -0.25) is 14.2 Å². The van der Waals surface area contributed by atoms with E-state index in [0.717, 1.165) is 5.56 Å². The molecule has 5 nitrogen and oxygen atoms in total. The van der Waals surface area contributed by atoms with E-state index in [2.05, 4.69) is 4.98 Å². The molecule has 1 amide bonds. The topological polar surface area (TPSA) is 78.0 Å². The summed E-state index contributed by atoms with van der Waals surface area (Å²) in [6.45, 7) is 2.07. The van der Waals surface area contributed by atoms with Crippen molar-refractivity contribution in [2.24, 2.45) is 5.73 Å². The summed E-state index contributed by atoms with van der Waals surface area (Å²) in [6, 6.07) is 3.34. The highest BCUT2D eigenvalue weighted by molar-refractivity contribution is 6.31. The molecule has 6 heteroatoms. The third-order valence-corrected chi connectivity index (χ3v) is 2.90. The molecular weight excluding hydrogens is 254 g/mol. The van der Waals surface area contributed by atoms with Gasteiger partial charge >= 0.3 is 0 Å². The Morgan fingerprint density at radius 3 is 2.89 bits per heavy atom. The fourth-order valence-electron chi connectivity index (χ4n) is 1.79. The fraction of sp³-hybridized carbons (Fsp3) is 0.250. The molecule has 0 radical (unpaired) electrons. The molecule has 2 aromatic rings. The quantitative estimate of drug-likeness (QED) is 0.907. The number of hydrogen-bond donors (Lipinski definition) is 1. The highest BCUT2D eigenvalue weighted by Crippen LogP contribution is 2.18. The minimum Gasteiger partial charge on any atom is -0.370 e. The smallest absolute Gasteiger partial charge is 0.261 e. The predicted molar refractivity (Wildman–Crippen MR) is 69.6 cm³/mol. The van der Waals surface area contributed by atoms with Crippen LogP contribution in [0.15, 0.2) is 23.3 Å². The Hall–Kier alpha value is -1.88. The van der Waals surface area contributed by atoms with E-state index in [4.69, 9.17) is 17.3 Å². The van der Waals surface area contributed by atoms with E-state index >= 15 is 0 Å². The zero-order chi connectivity index (χ0) is 13.3. The molecule has 1 aromatic carbocycles. The number of halogens is 1. The maximum Gasteiger partial charge on any atom is 0.261 e. The first-order valence-corrected chi connectivity index (χ1v) is 5.80. The van der Waals surface area contributed by atoms with Gasteiger partial charge in [0.2, 0.25) is 5.91 Å². The molecule has 0 aliphatic rings. The molecule has 0 unspecified atom stereocenters. The number of rotatable bonds is 3. The Kier molecular flexibility index (Phi) is 3.34. The number of carbonyl (C=O) groups excluding carboxylic acids is 1. The molecule has 94 valence electrons. The number of primary amides is 1. The number of nitrogens with two attached hydrogens (primary N) is 1. The van der Waals surface area contributed by atoms with Crippen molar-refractivity contribution in [3.63, 3.8) is 0 Å². The maximum absolute atomic E-state index is 12.2. The van der Waals surface area contributed by atoms with Gasteiger partial charge < -0.3 is 5.73 Å². The summed E-state index contributed by atoms with van der Waals surface area (Å²) in [5, 5.41) is 0.943. The molecule has 2 N–H and O–H groups in total. The Morgan fingerprint density at radius 2 is 2.22 bits per heavy atom. The first-order valence-electron chi connectivity index (χ1n) is 5.42. The number of aryl methyl sites for hydroxylation is 2. The van der Waals surface area contributed by atoms with Gasteiger partial charge in [0.1, 0.15) is 0 Å². The van der Waals surface area contributed by atoms with E-state index in [1.165, 1.54) is 10.9 Å². The van der Waals surface area contributed by atoms with Gasteiger partial charge in [0.05, 0.1) is 17.2 Å². The zero-order valence-electron chi connectivity index (χ0n) is 9.81. The van der Waals surface area contributed by atoms with Crippen LogP contribution >= 0.6 is 11.6 Å². The van der Waals surface area contributed by atoms with Crippen molar-refractivity contribution in [2.75, 3.05) is 0 Å². The summed E-state index contributed by atoms with van der Waals surface area (Å²) in [5.41, 5.74) is 6.31. The minimum atomic E-state index is -0.454. The second kappa shape index (κ2) is 4.78. The van der Waals surface area contributed by atoms with Crippen LogP contribution in [0, 0.1) is 6.92 Å². The lowest BCUT2D eigenvalue weighted by molar-refractivity contribution is -0.118. The molecule has 0 bridgehead atoms. The predicted octanol–water partition coefficient (Wildman–Crippen LogP) is 1.23. The van der Waals surface area contributed by atoms with E-state index in [1.807, 2.05) is 6.92 Å². The molecule has 0 spiro atoms. The Morgan fingerprint density at radius 1 is 1.50 bits per heavy atom. The molecule has 0 atom stereocenters. The van der Waals surface area contributed by atoms with E-state index in [-0.39, 0.29) is 18.5 Å². The molecule has 0 aliphatic heterocycles. The lowest BCUT2D eigenvalue weighted by Crippen LogP contribution is -2.24. The van der Waals surface area contributed by atoms with Crippen molar-refractivity contribution in [2.45, 2.75) is 19.9 Å². The number of amides is 1. The lowest BCUT2D eigenvalue weighted by atomic mass is 10.1. The van der Waals surface area contributed by atoms with Gasteiger partial charge in [-0.05, 0) is 24.6 Å². The largest absolute Gasteiger partial charge is 0.370 e. The molecule has 18 heavy (non-hydrogen) atoms. The summed E-state index contributed by atoms with van der Waals surface area (Å²) in [4.78, 5) is 27.1. The van der Waals surface area contributed by atoms with Gasteiger partial charge in [0, 0.05) is 18.0 Å². The fourth-order valence-corrected chi connectivity index (χ4v) is 2.07. The number of benzene rings is 1. The molecule has 0 aliphatic carbocycles. The summed E-state index contributed by atoms with van der Waals surface area (Å²) in [6.07, 6.45) is 1.53. The van der Waals surface area contributed by atoms with Crippen LogP contribution in [0.5, 0.6) is 0 Å². The number of hydrogen-bond acceptors (Lipinski definition) is 3. The number of aromatic nitrogens is 2. The highest BCUT2D eigenvalue weighted by Gasteiger charge is 2.08. The van der Waals surface area contributed by atoms with Crippen molar-refractivity contribution in [3.8, 4) is 0 Å². The number of fused-ring (bicyclic) bond motifs is 1. The van der Waals surface area contributed by atoms with Crippen LogP contribution < -0.4 is 11.3 Å². The van der Waals surface area contributed by atoms with Crippen LogP contribution in [0.3, 0.4) is 0 Å². The lowest BCUT2D eigenvalue weighted by Gasteiger charge is -2.07. The summed E-state index contributed by atoms with van der Waals surface area (Å²) >= 11 is 5.93. The highest BCUT2D eigenvalue weighted by atomic mass is 35.5. The Bertz CT molecular complexity index is 679. The van der Waals surface area contributed by atoms with Crippen LogP contribution in [0.4, 0.5) is 0 Å². The third-order valence-electron chi connectivity index (χ3n) is 2.68. The second-order valence-corrected chi connectivity index (χ2v) is 4.51. The van der Waals surface area contributed by atoms with Crippen LogP contribution in [-0.2, 0) is 11.3 Å². The van der Waals surface area contributed by atoms with Crippen LogP contribution in [0.2, 0.25) is 5.02 Å². The summed E-state index contributed by atoms with van der Waals surface area (Å²) in [5.74, 6) is -0.454. The molecular formula is C12H12ClN3O2. The van der Waals surface area contributed by atoms with Crippen molar-refractivity contribution in [3.05, 3.63) is 39.4 Å². The van der Waals surface area contributed by atoms with Gasteiger partial charge in [-0.25, -0.2) is 4.98 Å². The summed E-state index contributed by atoms with van der Waals surface area (Å²) in [7, 11) is 0. The molecule has 0 saturated carbocycles. The number of carbonyl (C=O) groups is 1. The normalized spacial score (nSPS) is 10.8. The van der Waals surface area contributed by atoms with E-state index in [1.54, 1.807) is 12.1 Å². The maximum atomic E-state index is 12.2. The summed E-state index contributed by atoms with van der Waals surface area (Å²) < 4.78 is 1.36. The SMILES string of the molecule is Cc1cc(Cl)cc2c(=O)n(CCC(N)=O)cnc12. The van der Waals surface area contributed by atoms with E-state index in [0.29, 0.717) is 15.9 Å². The minimum absolute atomic E-state index is 0.104. The number of nitrogens with zero attached hydrogens (tertiary/aromatic N) is 2. The first-order chi connectivity index (χ1) is 8.49. The first kappa shape index (κ1) is 12.6. The van der Waals surface area contributed by atoms with Crippen molar-refractivity contribution < 1.29 is 4.79 Å². The van der Waals surface area contributed by atoms with Crippen LogP contribution in [0.25, 0.3) is 10.9 Å². The van der Waals surface area contributed by atoms with Crippen LogP contribution in [-0.4, -0.2) is 15.5 Å². The van der Waals surface area contributed by atoms with Gasteiger partial charge in [0.25, 0.3) is 5.56 Å². The van der Waals surface area contributed by atoms with Gasteiger partial charge in [-0.2, -0.15) is 0 Å². The Labute approximate surface area is 108 Å². The van der Waals surface area contributed by atoms with Gasteiger partial charge in [-0.1, -0.05) is 11.6 Å². The Balaban J connectivity index is 2.57. The standard InChI is InChI=1S/C12H12ClN3O2/c1-7-4-8(13)5-9-11(7)15-6-16(12(9)18)3-2-10(14)17/h4-6H,2-3H2,1H3,(H2,14,17). The van der Waals surface area contributed by atoms with E-state index in [9.17, 15) is 9.59 Å².